The average molecular weight is 434 g/mol. The van der Waals surface area contributed by atoms with Gasteiger partial charge in [0.05, 0.1) is 37.0 Å². The molecular weight excluding hydrogens is 412 g/mol. The van der Waals surface area contributed by atoms with E-state index in [1.165, 1.54) is 0 Å². The van der Waals surface area contributed by atoms with Crippen molar-refractivity contribution in [3.63, 3.8) is 0 Å². The molecule has 0 radical (unpaired) electrons. The number of ether oxygens (including phenoxy) is 1. The van der Waals surface area contributed by atoms with Crippen LogP contribution in [0.5, 0.6) is 0 Å². The van der Waals surface area contributed by atoms with Crippen molar-refractivity contribution in [2.24, 2.45) is 0 Å². The van der Waals surface area contributed by atoms with E-state index < -0.39 is 5.41 Å². The predicted molar refractivity (Wildman–Crippen MR) is 125 cm³/mol. The van der Waals surface area contributed by atoms with Gasteiger partial charge in [-0.15, -0.1) is 0 Å². The zero-order valence-electron chi connectivity index (χ0n) is 18.2. The summed E-state index contributed by atoms with van der Waals surface area (Å²) in [6.45, 7) is 2.86. The van der Waals surface area contributed by atoms with Gasteiger partial charge in [0, 0.05) is 10.9 Å². The molecule has 162 valence electrons. The number of nitrogens with zero attached hydrogens (tertiary/aromatic N) is 3. The van der Waals surface area contributed by atoms with Gasteiger partial charge in [-0.3, -0.25) is 4.79 Å². The van der Waals surface area contributed by atoms with Crippen LogP contribution in [0, 0.1) is 11.3 Å². The molecule has 1 amide bonds. The Morgan fingerprint density at radius 3 is 2.73 bits per heavy atom. The minimum Gasteiger partial charge on any atom is -0.375 e. The predicted octanol–water partition coefficient (Wildman–Crippen LogP) is 4.54. The topological polar surface area (TPSA) is 87.9 Å². The van der Waals surface area contributed by atoms with Crippen molar-refractivity contribution in [3.8, 4) is 17.2 Å². The Hall–Kier alpha value is -4.08. The van der Waals surface area contributed by atoms with Gasteiger partial charge >= 0.3 is 0 Å². The summed E-state index contributed by atoms with van der Waals surface area (Å²) in [5, 5.41) is 22.1. The van der Waals surface area contributed by atoms with Crippen LogP contribution in [0.1, 0.15) is 34.1 Å². The first-order chi connectivity index (χ1) is 16.1. The van der Waals surface area contributed by atoms with E-state index in [0.29, 0.717) is 24.5 Å². The number of hydrogen-bond acceptors (Lipinski definition) is 5. The number of carbonyl (C=O) groups is 1. The fraction of sp³-hybridized carbons (Fsp3) is 0.185. The van der Waals surface area contributed by atoms with Crippen LogP contribution in [-0.2, 0) is 23.3 Å². The lowest BCUT2D eigenvalue weighted by Crippen LogP contribution is -2.33. The van der Waals surface area contributed by atoms with Crippen LogP contribution in [0.3, 0.4) is 0 Å². The molecule has 1 aliphatic heterocycles. The van der Waals surface area contributed by atoms with Crippen LogP contribution in [0.2, 0.25) is 0 Å². The molecule has 6 nitrogen and oxygen atoms in total. The molecule has 3 aromatic carbocycles. The van der Waals surface area contributed by atoms with Gasteiger partial charge in [0.15, 0.2) is 0 Å². The summed E-state index contributed by atoms with van der Waals surface area (Å²) in [5.41, 5.74) is 5.26. The molecule has 0 aliphatic carbocycles. The van der Waals surface area contributed by atoms with Gasteiger partial charge in [-0.05, 0) is 59.5 Å². The normalized spacial score (nSPS) is 17.2. The second-order valence-electron chi connectivity index (χ2n) is 8.47. The number of amides is 1. The van der Waals surface area contributed by atoms with Crippen LogP contribution in [0.4, 0.5) is 0 Å². The Balaban J connectivity index is 1.35. The van der Waals surface area contributed by atoms with Gasteiger partial charge in [-0.25, -0.2) is 0 Å². The van der Waals surface area contributed by atoms with Crippen molar-refractivity contribution in [2.45, 2.75) is 25.5 Å². The van der Waals surface area contributed by atoms with E-state index in [9.17, 15) is 10.1 Å². The van der Waals surface area contributed by atoms with Gasteiger partial charge in [0.25, 0.3) is 5.91 Å². The highest BCUT2D eigenvalue weighted by atomic mass is 16.5. The molecule has 1 aliphatic rings. The second-order valence-corrected chi connectivity index (χ2v) is 8.47. The number of carbonyl (C=O) groups excluding carboxylic acids is 1. The molecule has 6 heteroatoms. The molecule has 1 atom stereocenters. The maximum atomic E-state index is 12.8. The third kappa shape index (κ3) is 4.07. The van der Waals surface area contributed by atoms with Crippen LogP contribution in [-0.4, -0.2) is 22.7 Å². The van der Waals surface area contributed by atoms with E-state index in [-0.39, 0.29) is 12.5 Å². The van der Waals surface area contributed by atoms with E-state index in [2.05, 4.69) is 39.8 Å². The van der Waals surface area contributed by atoms with Crippen molar-refractivity contribution in [1.82, 2.24) is 15.5 Å². The molecule has 0 saturated heterocycles. The molecule has 0 spiro atoms. The number of nitrogens with one attached hydrogen (secondary N) is 1. The first-order valence-electron chi connectivity index (χ1n) is 10.8. The fourth-order valence-corrected chi connectivity index (χ4v) is 4.15. The molecule has 0 unspecified atom stereocenters. The smallest absolute Gasteiger partial charge is 0.251 e. The number of nitriles is 1. The van der Waals surface area contributed by atoms with E-state index in [1.54, 1.807) is 12.1 Å². The second kappa shape index (κ2) is 8.45. The van der Waals surface area contributed by atoms with E-state index in [4.69, 9.17) is 4.74 Å². The van der Waals surface area contributed by atoms with Gasteiger partial charge < -0.3 is 10.1 Å². The maximum absolute atomic E-state index is 12.8. The number of aromatic nitrogens is 2. The summed E-state index contributed by atoms with van der Waals surface area (Å²) in [5.74, 6) is -0.218. The van der Waals surface area contributed by atoms with Gasteiger partial charge in [-0.1, -0.05) is 42.5 Å². The lowest BCUT2D eigenvalue weighted by atomic mass is 9.79. The Labute approximate surface area is 191 Å². The summed E-state index contributed by atoms with van der Waals surface area (Å²) >= 11 is 0. The monoisotopic (exact) mass is 434 g/mol. The van der Waals surface area contributed by atoms with E-state index in [0.717, 1.165) is 33.2 Å². The molecule has 0 saturated carbocycles. The zero-order valence-corrected chi connectivity index (χ0v) is 18.2. The Morgan fingerprint density at radius 2 is 1.91 bits per heavy atom. The minimum absolute atomic E-state index is 0.218. The summed E-state index contributed by atoms with van der Waals surface area (Å²) in [6, 6.07) is 25.9. The van der Waals surface area contributed by atoms with Crippen molar-refractivity contribution < 1.29 is 9.53 Å². The van der Waals surface area contributed by atoms with Crippen molar-refractivity contribution in [2.75, 3.05) is 6.61 Å². The Bertz CT molecular complexity index is 1390. The quantitative estimate of drug-likeness (QED) is 0.510. The molecule has 0 bridgehead atoms. The van der Waals surface area contributed by atoms with Gasteiger partial charge in [-0.2, -0.15) is 15.5 Å². The molecule has 5 rings (SSSR count). The van der Waals surface area contributed by atoms with Crippen molar-refractivity contribution in [1.29, 1.82) is 5.26 Å². The summed E-state index contributed by atoms with van der Waals surface area (Å²) in [4.78, 5) is 12.8. The Kier molecular flexibility index (Phi) is 5.33. The minimum atomic E-state index is -0.760. The zero-order chi connectivity index (χ0) is 22.8. The molecule has 0 fully saturated rings. The standard InChI is InChI=1S/C27H22N4O2/c1-27(16-28)17-33-15-21-8-7-20(13-24(21)27)26(32)29-14-23-12-22-11-19(9-10-25(22)31-30-23)18-5-3-2-4-6-18/h2-13H,14-15,17H2,1H3,(H,29,32)/t27-/m1/s1. The van der Waals surface area contributed by atoms with Gasteiger partial charge in [0.2, 0.25) is 0 Å². The number of fused-ring (bicyclic) bond motifs is 2. The lowest BCUT2D eigenvalue weighted by Gasteiger charge is -2.30. The molecule has 2 heterocycles. The highest BCUT2D eigenvalue weighted by Crippen LogP contribution is 2.32. The van der Waals surface area contributed by atoms with Crippen LogP contribution >= 0.6 is 0 Å². The van der Waals surface area contributed by atoms with E-state index in [1.807, 2.05) is 49.4 Å². The van der Waals surface area contributed by atoms with Crippen LogP contribution < -0.4 is 5.32 Å². The summed E-state index contributed by atoms with van der Waals surface area (Å²) < 4.78 is 5.54. The van der Waals surface area contributed by atoms with Crippen LogP contribution in [0.15, 0.2) is 72.8 Å². The summed E-state index contributed by atoms with van der Waals surface area (Å²) in [7, 11) is 0. The molecule has 4 aromatic rings. The molecular formula is C27H22N4O2. The summed E-state index contributed by atoms with van der Waals surface area (Å²) in [6.07, 6.45) is 0. The van der Waals surface area contributed by atoms with E-state index >= 15 is 0 Å². The number of rotatable bonds is 4. The highest BCUT2D eigenvalue weighted by molar-refractivity contribution is 5.94. The molecule has 33 heavy (non-hydrogen) atoms. The van der Waals surface area contributed by atoms with Crippen molar-refractivity contribution >= 4 is 16.8 Å². The number of benzene rings is 3. The third-order valence-corrected chi connectivity index (χ3v) is 6.03. The lowest BCUT2D eigenvalue weighted by molar-refractivity contribution is 0.0757. The average Bonchev–Trinajstić information content (AvgIpc) is 2.87. The molecule has 1 N–H and O–H groups in total. The SMILES string of the molecule is C[C@@]1(C#N)COCc2ccc(C(=O)NCc3cc4cc(-c5ccccc5)ccc4nn3)cc21. The first kappa shape index (κ1) is 20.8. The third-order valence-electron chi connectivity index (χ3n) is 6.03. The van der Waals surface area contributed by atoms with Crippen LogP contribution in [0.25, 0.3) is 22.0 Å². The highest BCUT2D eigenvalue weighted by Gasteiger charge is 2.33. The first-order valence-corrected chi connectivity index (χ1v) is 10.8. The molecule has 1 aromatic heterocycles. The largest absolute Gasteiger partial charge is 0.375 e. The van der Waals surface area contributed by atoms with Crippen molar-refractivity contribution in [3.05, 3.63) is 95.2 Å². The fourth-order valence-electron chi connectivity index (χ4n) is 4.15. The maximum Gasteiger partial charge on any atom is 0.251 e. The Morgan fingerprint density at radius 1 is 1.06 bits per heavy atom. The number of hydrogen-bond donors (Lipinski definition) is 1. The van der Waals surface area contributed by atoms with Gasteiger partial charge in [0.1, 0.15) is 5.41 Å².